The highest BCUT2D eigenvalue weighted by atomic mass is 16.3. The van der Waals surface area contributed by atoms with Crippen LogP contribution in [0.2, 0.25) is 0 Å². The minimum Gasteiger partial charge on any atom is -0.390 e. The van der Waals surface area contributed by atoms with Crippen molar-refractivity contribution in [3.63, 3.8) is 0 Å². The van der Waals surface area contributed by atoms with Crippen molar-refractivity contribution in [1.29, 1.82) is 0 Å². The molecule has 0 spiro atoms. The third kappa shape index (κ3) is 2.22. The summed E-state index contributed by atoms with van der Waals surface area (Å²) < 4.78 is 0. The van der Waals surface area contributed by atoms with E-state index in [9.17, 15) is 5.11 Å². The van der Waals surface area contributed by atoms with Gasteiger partial charge in [0.2, 0.25) is 0 Å². The first-order valence-electron chi connectivity index (χ1n) is 5.28. The monoisotopic (exact) mass is 170 g/mol. The predicted octanol–water partition coefficient (Wildman–Crippen LogP) is 2.97. The van der Waals surface area contributed by atoms with Crippen LogP contribution in [-0.2, 0) is 0 Å². The van der Waals surface area contributed by atoms with E-state index >= 15 is 0 Å². The molecule has 0 bridgehead atoms. The molecule has 0 amide bonds. The van der Waals surface area contributed by atoms with Crippen LogP contribution in [0.15, 0.2) is 0 Å². The van der Waals surface area contributed by atoms with Crippen LogP contribution in [-0.4, -0.2) is 10.7 Å². The molecule has 1 N–H and O–H groups in total. The van der Waals surface area contributed by atoms with Crippen molar-refractivity contribution in [1.82, 2.24) is 0 Å². The Balaban J connectivity index is 2.41. The molecule has 0 aromatic carbocycles. The summed E-state index contributed by atoms with van der Waals surface area (Å²) in [6.45, 7) is 6.52. The molecule has 0 saturated heterocycles. The number of hydrogen-bond donors (Lipinski definition) is 1. The van der Waals surface area contributed by atoms with Gasteiger partial charge in [0.25, 0.3) is 0 Å². The summed E-state index contributed by atoms with van der Waals surface area (Å²) in [5.41, 5.74) is -0.358. The Morgan fingerprint density at radius 3 is 2.67 bits per heavy atom. The van der Waals surface area contributed by atoms with E-state index in [1.807, 2.05) is 6.92 Å². The van der Waals surface area contributed by atoms with Crippen molar-refractivity contribution in [2.75, 3.05) is 0 Å². The first-order chi connectivity index (χ1) is 5.56. The first kappa shape index (κ1) is 10.0. The van der Waals surface area contributed by atoms with Gasteiger partial charge < -0.3 is 5.11 Å². The molecule has 3 unspecified atom stereocenters. The Bertz CT molecular complexity index is 140. The van der Waals surface area contributed by atoms with E-state index in [-0.39, 0.29) is 5.60 Å². The summed E-state index contributed by atoms with van der Waals surface area (Å²) in [4.78, 5) is 0. The van der Waals surface area contributed by atoms with E-state index in [4.69, 9.17) is 0 Å². The zero-order valence-electron chi connectivity index (χ0n) is 8.64. The molecule has 3 atom stereocenters. The van der Waals surface area contributed by atoms with Crippen molar-refractivity contribution in [2.24, 2.45) is 11.8 Å². The summed E-state index contributed by atoms with van der Waals surface area (Å²) in [5, 5.41) is 10.00. The fourth-order valence-electron chi connectivity index (χ4n) is 2.25. The van der Waals surface area contributed by atoms with Gasteiger partial charge in [0, 0.05) is 0 Å². The van der Waals surface area contributed by atoms with Gasteiger partial charge in [-0.3, -0.25) is 0 Å². The minimum atomic E-state index is -0.358. The molecular formula is C11H22O. The summed E-state index contributed by atoms with van der Waals surface area (Å²) in [7, 11) is 0. The van der Waals surface area contributed by atoms with Crippen LogP contribution in [0.5, 0.6) is 0 Å². The van der Waals surface area contributed by atoms with Crippen LogP contribution < -0.4 is 0 Å². The molecule has 0 aliphatic heterocycles. The summed E-state index contributed by atoms with van der Waals surface area (Å²) in [6, 6.07) is 0. The quantitative estimate of drug-likeness (QED) is 0.690. The highest BCUT2D eigenvalue weighted by Gasteiger charge is 2.36. The summed E-state index contributed by atoms with van der Waals surface area (Å²) >= 11 is 0. The zero-order chi connectivity index (χ0) is 9.19. The molecule has 1 saturated carbocycles. The number of rotatable bonds is 3. The van der Waals surface area contributed by atoms with E-state index in [2.05, 4.69) is 13.8 Å². The lowest BCUT2D eigenvalue weighted by Gasteiger charge is -2.27. The van der Waals surface area contributed by atoms with Crippen LogP contribution in [0, 0.1) is 11.8 Å². The fourth-order valence-corrected chi connectivity index (χ4v) is 2.25. The molecule has 0 aromatic rings. The van der Waals surface area contributed by atoms with Gasteiger partial charge in [-0.15, -0.1) is 0 Å². The fraction of sp³-hybridized carbons (Fsp3) is 1.00. The molecule has 0 aromatic heterocycles. The Kier molecular flexibility index (Phi) is 3.16. The lowest BCUT2D eigenvalue weighted by atomic mass is 9.84. The van der Waals surface area contributed by atoms with Crippen molar-refractivity contribution in [2.45, 2.75) is 58.5 Å². The van der Waals surface area contributed by atoms with E-state index < -0.39 is 0 Å². The van der Waals surface area contributed by atoms with Gasteiger partial charge in [-0.25, -0.2) is 0 Å². The Labute approximate surface area is 76.2 Å². The molecule has 1 aliphatic carbocycles. The smallest absolute Gasteiger partial charge is 0.0647 e. The van der Waals surface area contributed by atoms with Crippen LogP contribution >= 0.6 is 0 Å². The molecule has 72 valence electrons. The summed E-state index contributed by atoms with van der Waals surface area (Å²) in [6.07, 6.45) is 5.91. The van der Waals surface area contributed by atoms with Crippen molar-refractivity contribution in [3.8, 4) is 0 Å². The Morgan fingerprint density at radius 2 is 2.25 bits per heavy atom. The maximum Gasteiger partial charge on any atom is 0.0647 e. The molecule has 1 heteroatoms. The molecule has 1 fully saturated rings. The standard InChI is InChI=1S/C11H22O/c1-4-9(2)8-10-6-5-7-11(10,3)12/h9-10,12H,4-8H2,1-3H3. The van der Waals surface area contributed by atoms with Gasteiger partial charge in [0.1, 0.15) is 0 Å². The van der Waals surface area contributed by atoms with Crippen LogP contribution in [0.25, 0.3) is 0 Å². The molecule has 0 radical (unpaired) electrons. The molecular weight excluding hydrogens is 148 g/mol. The average molecular weight is 170 g/mol. The minimum absolute atomic E-state index is 0.358. The zero-order valence-corrected chi connectivity index (χ0v) is 8.64. The lowest BCUT2D eigenvalue weighted by molar-refractivity contribution is 0.0122. The van der Waals surface area contributed by atoms with Gasteiger partial charge in [-0.2, -0.15) is 0 Å². The molecule has 0 heterocycles. The van der Waals surface area contributed by atoms with Crippen molar-refractivity contribution >= 4 is 0 Å². The summed E-state index contributed by atoms with van der Waals surface area (Å²) in [5.74, 6) is 1.34. The second-order valence-corrected chi connectivity index (χ2v) is 4.70. The lowest BCUT2D eigenvalue weighted by Crippen LogP contribution is -2.29. The third-order valence-corrected chi connectivity index (χ3v) is 3.50. The first-order valence-corrected chi connectivity index (χ1v) is 5.28. The van der Waals surface area contributed by atoms with E-state index in [0.717, 1.165) is 12.3 Å². The van der Waals surface area contributed by atoms with Gasteiger partial charge >= 0.3 is 0 Å². The van der Waals surface area contributed by atoms with Crippen molar-refractivity contribution < 1.29 is 5.11 Å². The van der Waals surface area contributed by atoms with Gasteiger partial charge in [0.15, 0.2) is 0 Å². The van der Waals surface area contributed by atoms with Gasteiger partial charge in [-0.05, 0) is 38.0 Å². The van der Waals surface area contributed by atoms with Gasteiger partial charge in [-0.1, -0.05) is 26.7 Å². The third-order valence-electron chi connectivity index (χ3n) is 3.50. The molecule has 12 heavy (non-hydrogen) atoms. The van der Waals surface area contributed by atoms with Crippen LogP contribution in [0.3, 0.4) is 0 Å². The maximum atomic E-state index is 10.00. The predicted molar refractivity (Wildman–Crippen MR) is 52.0 cm³/mol. The average Bonchev–Trinajstić information content (AvgIpc) is 2.31. The second-order valence-electron chi connectivity index (χ2n) is 4.70. The Morgan fingerprint density at radius 1 is 1.58 bits per heavy atom. The van der Waals surface area contributed by atoms with Crippen molar-refractivity contribution in [3.05, 3.63) is 0 Å². The molecule has 1 rings (SSSR count). The highest BCUT2D eigenvalue weighted by Crippen LogP contribution is 2.39. The molecule has 1 nitrogen and oxygen atoms in total. The van der Waals surface area contributed by atoms with E-state index in [1.54, 1.807) is 0 Å². The maximum absolute atomic E-state index is 10.00. The van der Waals surface area contributed by atoms with E-state index in [1.165, 1.54) is 25.7 Å². The highest BCUT2D eigenvalue weighted by molar-refractivity contribution is 4.88. The van der Waals surface area contributed by atoms with Crippen LogP contribution in [0.1, 0.15) is 52.9 Å². The largest absolute Gasteiger partial charge is 0.390 e. The second kappa shape index (κ2) is 3.78. The van der Waals surface area contributed by atoms with E-state index in [0.29, 0.717) is 5.92 Å². The normalized spacial score (nSPS) is 38.5. The molecule has 1 aliphatic rings. The number of hydrogen-bond acceptors (Lipinski definition) is 1. The Hall–Kier alpha value is -0.0400. The van der Waals surface area contributed by atoms with Crippen LogP contribution in [0.4, 0.5) is 0 Å². The topological polar surface area (TPSA) is 20.2 Å². The SMILES string of the molecule is CCC(C)CC1CCCC1(C)O. The van der Waals surface area contributed by atoms with Gasteiger partial charge in [0.05, 0.1) is 5.60 Å². The number of aliphatic hydroxyl groups is 1.